The van der Waals surface area contributed by atoms with Crippen LogP contribution in [0, 0.1) is 5.82 Å². The molecule has 2 amide bonds. The molecule has 5 heteroatoms. The molecular formula is C28H31FN2O2. The SMILES string of the molecule is CCCNC(=O)[C@H](Cc1ccccc1)N(Cc1ccccc1F)C(=O)CCc1ccccc1. The van der Waals surface area contributed by atoms with Crippen molar-refractivity contribution in [2.75, 3.05) is 6.54 Å². The first-order valence-electron chi connectivity index (χ1n) is 11.5. The number of carbonyl (C=O) groups excluding carboxylic acids is 2. The van der Waals surface area contributed by atoms with Crippen LogP contribution in [-0.2, 0) is 29.0 Å². The Bertz CT molecular complexity index is 1020. The summed E-state index contributed by atoms with van der Waals surface area (Å²) in [5.41, 5.74) is 2.39. The van der Waals surface area contributed by atoms with Crippen LogP contribution in [0.1, 0.15) is 36.5 Å². The van der Waals surface area contributed by atoms with Crippen LogP contribution in [0.3, 0.4) is 0 Å². The Balaban J connectivity index is 1.89. The Kier molecular flexibility index (Phi) is 9.19. The second-order valence-electron chi connectivity index (χ2n) is 8.10. The van der Waals surface area contributed by atoms with Crippen molar-refractivity contribution in [3.8, 4) is 0 Å². The van der Waals surface area contributed by atoms with E-state index in [1.807, 2.05) is 67.6 Å². The van der Waals surface area contributed by atoms with Crippen molar-refractivity contribution in [3.05, 3.63) is 107 Å². The first-order chi connectivity index (χ1) is 16.1. The minimum Gasteiger partial charge on any atom is -0.354 e. The van der Waals surface area contributed by atoms with Gasteiger partial charge in [0, 0.05) is 31.5 Å². The van der Waals surface area contributed by atoms with E-state index >= 15 is 0 Å². The number of hydrogen-bond acceptors (Lipinski definition) is 2. The average Bonchev–Trinajstić information content (AvgIpc) is 2.85. The van der Waals surface area contributed by atoms with Gasteiger partial charge in [-0.15, -0.1) is 0 Å². The molecule has 0 aromatic heterocycles. The summed E-state index contributed by atoms with van der Waals surface area (Å²) < 4.78 is 14.5. The quantitative estimate of drug-likeness (QED) is 0.454. The predicted molar refractivity (Wildman–Crippen MR) is 129 cm³/mol. The van der Waals surface area contributed by atoms with Crippen LogP contribution in [0.5, 0.6) is 0 Å². The van der Waals surface area contributed by atoms with E-state index in [-0.39, 0.29) is 30.6 Å². The summed E-state index contributed by atoms with van der Waals surface area (Å²) in [7, 11) is 0. The lowest BCUT2D eigenvalue weighted by molar-refractivity contribution is -0.141. The van der Waals surface area contributed by atoms with Gasteiger partial charge in [-0.25, -0.2) is 4.39 Å². The van der Waals surface area contributed by atoms with Gasteiger partial charge in [0.05, 0.1) is 0 Å². The van der Waals surface area contributed by atoms with Crippen molar-refractivity contribution in [1.82, 2.24) is 10.2 Å². The molecule has 4 nitrogen and oxygen atoms in total. The summed E-state index contributed by atoms with van der Waals surface area (Å²) in [6.07, 6.45) is 1.95. The predicted octanol–water partition coefficient (Wildman–Crippen LogP) is 4.92. The van der Waals surface area contributed by atoms with Crippen LogP contribution >= 0.6 is 0 Å². The second-order valence-corrected chi connectivity index (χ2v) is 8.10. The lowest BCUT2D eigenvalue weighted by atomic mass is 10.0. The number of nitrogens with zero attached hydrogens (tertiary/aromatic N) is 1. The first-order valence-corrected chi connectivity index (χ1v) is 11.5. The Morgan fingerprint density at radius 3 is 2.12 bits per heavy atom. The third kappa shape index (κ3) is 7.28. The minimum absolute atomic E-state index is 0.0390. The van der Waals surface area contributed by atoms with Gasteiger partial charge >= 0.3 is 0 Å². The molecule has 0 bridgehead atoms. The molecule has 3 rings (SSSR count). The van der Waals surface area contributed by atoms with Gasteiger partial charge in [-0.3, -0.25) is 9.59 Å². The first kappa shape index (κ1) is 24.2. The van der Waals surface area contributed by atoms with Gasteiger partial charge in [0.15, 0.2) is 0 Å². The lowest BCUT2D eigenvalue weighted by Crippen LogP contribution is -2.50. The monoisotopic (exact) mass is 446 g/mol. The summed E-state index contributed by atoms with van der Waals surface area (Å²) in [6, 6.07) is 25.1. The van der Waals surface area contributed by atoms with E-state index in [1.165, 1.54) is 6.07 Å². The van der Waals surface area contributed by atoms with Gasteiger partial charge in [-0.05, 0) is 30.0 Å². The molecule has 0 saturated carbocycles. The smallest absolute Gasteiger partial charge is 0.243 e. The Morgan fingerprint density at radius 2 is 1.48 bits per heavy atom. The minimum atomic E-state index is -0.734. The van der Waals surface area contributed by atoms with Gasteiger partial charge in [0.25, 0.3) is 0 Å². The highest BCUT2D eigenvalue weighted by Crippen LogP contribution is 2.18. The van der Waals surface area contributed by atoms with Gasteiger partial charge in [0.2, 0.25) is 11.8 Å². The molecule has 0 aliphatic carbocycles. The maximum atomic E-state index is 14.5. The molecule has 1 atom stereocenters. The van der Waals surface area contributed by atoms with Crippen molar-refractivity contribution >= 4 is 11.8 Å². The molecular weight excluding hydrogens is 415 g/mol. The van der Waals surface area contributed by atoms with E-state index < -0.39 is 6.04 Å². The van der Waals surface area contributed by atoms with Crippen molar-refractivity contribution in [2.45, 2.75) is 45.2 Å². The fourth-order valence-corrected chi connectivity index (χ4v) is 3.77. The standard InChI is InChI=1S/C28H31FN2O2/c1-2-19-30-28(33)26(20-23-13-7-4-8-14-23)31(21-24-15-9-10-16-25(24)29)27(32)18-17-22-11-5-3-6-12-22/h3-16,26H,2,17-21H2,1H3,(H,30,33)/t26-/m0/s1. The normalized spacial score (nSPS) is 11.6. The molecule has 0 heterocycles. The van der Waals surface area contributed by atoms with Crippen molar-refractivity contribution in [1.29, 1.82) is 0 Å². The van der Waals surface area contributed by atoms with E-state index in [9.17, 15) is 14.0 Å². The largest absolute Gasteiger partial charge is 0.354 e. The highest BCUT2D eigenvalue weighted by molar-refractivity contribution is 5.88. The molecule has 0 saturated heterocycles. The van der Waals surface area contributed by atoms with E-state index in [1.54, 1.807) is 23.1 Å². The molecule has 3 aromatic carbocycles. The van der Waals surface area contributed by atoms with Gasteiger partial charge in [0.1, 0.15) is 11.9 Å². The van der Waals surface area contributed by atoms with E-state index in [0.717, 1.165) is 17.5 Å². The summed E-state index contributed by atoms with van der Waals surface area (Å²) >= 11 is 0. The fraction of sp³-hybridized carbons (Fsp3) is 0.286. The summed E-state index contributed by atoms with van der Waals surface area (Å²) in [5, 5.41) is 2.94. The van der Waals surface area contributed by atoms with Gasteiger partial charge in [-0.2, -0.15) is 0 Å². The van der Waals surface area contributed by atoms with E-state index in [4.69, 9.17) is 0 Å². The zero-order valence-corrected chi connectivity index (χ0v) is 19.0. The van der Waals surface area contributed by atoms with Crippen LogP contribution in [0.15, 0.2) is 84.9 Å². The maximum absolute atomic E-state index is 14.5. The molecule has 0 spiro atoms. The average molecular weight is 447 g/mol. The molecule has 3 aromatic rings. The number of rotatable bonds is 11. The van der Waals surface area contributed by atoms with Crippen LogP contribution in [0.25, 0.3) is 0 Å². The molecule has 1 N–H and O–H groups in total. The zero-order valence-electron chi connectivity index (χ0n) is 19.0. The Hall–Kier alpha value is -3.47. The van der Waals surface area contributed by atoms with Crippen LogP contribution in [0.2, 0.25) is 0 Å². The molecule has 33 heavy (non-hydrogen) atoms. The third-order valence-electron chi connectivity index (χ3n) is 5.59. The number of benzene rings is 3. The molecule has 0 fully saturated rings. The number of aryl methyl sites for hydroxylation is 1. The van der Waals surface area contributed by atoms with Gasteiger partial charge < -0.3 is 10.2 Å². The van der Waals surface area contributed by atoms with E-state index in [2.05, 4.69) is 5.32 Å². The summed E-state index contributed by atoms with van der Waals surface area (Å²) in [6.45, 7) is 2.54. The Labute approximate surface area is 195 Å². The number of nitrogens with one attached hydrogen (secondary N) is 1. The molecule has 0 radical (unpaired) electrons. The number of amides is 2. The molecule has 0 unspecified atom stereocenters. The molecule has 0 aliphatic heterocycles. The van der Waals surface area contributed by atoms with Crippen molar-refractivity contribution in [3.63, 3.8) is 0 Å². The fourth-order valence-electron chi connectivity index (χ4n) is 3.77. The number of halogens is 1. The lowest BCUT2D eigenvalue weighted by Gasteiger charge is -2.31. The molecule has 0 aliphatic rings. The highest BCUT2D eigenvalue weighted by Gasteiger charge is 2.30. The van der Waals surface area contributed by atoms with Crippen molar-refractivity contribution in [2.24, 2.45) is 0 Å². The second kappa shape index (κ2) is 12.5. The zero-order chi connectivity index (χ0) is 23.5. The third-order valence-corrected chi connectivity index (χ3v) is 5.59. The van der Waals surface area contributed by atoms with Crippen LogP contribution < -0.4 is 5.32 Å². The summed E-state index contributed by atoms with van der Waals surface area (Å²) in [5.74, 6) is -0.773. The van der Waals surface area contributed by atoms with Crippen LogP contribution in [0.4, 0.5) is 4.39 Å². The number of carbonyl (C=O) groups is 2. The number of hydrogen-bond donors (Lipinski definition) is 1. The molecule has 172 valence electrons. The van der Waals surface area contributed by atoms with Gasteiger partial charge in [-0.1, -0.05) is 85.8 Å². The van der Waals surface area contributed by atoms with Crippen LogP contribution in [-0.4, -0.2) is 29.3 Å². The topological polar surface area (TPSA) is 49.4 Å². The maximum Gasteiger partial charge on any atom is 0.243 e. The Morgan fingerprint density at radius 1 is 0.879 bits per heavy atom. The van der Waals surface area contributed by atoms with Crippen molar-refractivity contribution < 1.29 is 14.0 Å². The summed E-state index contributed by atoms with van der Waals surface area (Å²) in [4.78, 5) is 28.2. The van der Waals surface area contributed by atoms with E-state index in [0.29, 0.717) is 24.9 Å². The highest BCUT2D eigenvalue weighted by atomic mass is 19.1.